The first-order valence-corrected chi connectivity index (χ1v) is 19.3. The van der Waals surface area contributed by atoms with Crippen molar-refractivity contribution in [3.05, 3.63) is 179 Å². The Hall–Kier alpha value is -5.91. The quantitative estimate of drug-likeness (QED) is 0.0856. The highest BCUT2D eigenvalue weighted by molar-refractivity contribution is 7.99. The third-order valence-corrected chi connectivity index (χ3v) is 10.7. The topological polar surface area (TPSA) is 126 Å². The summed E-state index contributed by atoms with van der Waals surface area (Å²) in [4.78, 5) is 25.0. The molecule has 10 heteroatoms. The number of carboxylic acid groups (broad SMARTS) is 1. The predicted molar refractivity (Wildman–Crippen MR) is 218 cm³/mol. The summed E-state index contributed by atoms with van der Waals surface area (Å²) in [7, 11) is 0. The highest BCUT2D eigenvalue weighted by atomic mass is 32.2. The van der Waals surface area contributed by atoms with Gasteiger partial charge in [0, 0.05) is 34.4 Å². The summed E-state index contributed by atoms with van der Waals surface area (Å²) >= 11 is 1.62. The zero-order chi connectivity index (χ0) is 38.9. The van der Waals surface area contributed by atoms with Crippen LogP contribution in [0.2, 0.25) is 0 Å². The summed E-state index contributed by atoms with van der Waals surface area (Å²) in [5, 5.41) is 24.7. The van der Waals surface area contributed by atoms with Gasteiger partial charge in [-0.25, -0.2) is 9.59 Å². The summed E-state index contributed by atoms with van der Waals surface area (Å²) in [6.07, 6.45) is -1.05. The number of carbonyl (C=O) groups is 2. The maximum absolute atomic E-state index is 12.7. The van der Waals surface area contributed by atoms with Crippen LogP contribution in [-0.4, -0.2) is 34.1 Å². The van der Waals surface area contributed by atoms with E-state index in [2.05, 4.69) is 23.6 Å². The zero-order valence-corrected chi connectivity index (χ0v) is 31.5. The van der Waals surface area contributed by atoms with Gasteiger partial charge in [0.15, 0.2) is 6.29 Å². The van der Waals surface area contributed by atoms with Crippen LogP contribution in [0.15, 0.2) is 157 Å². The number of urea groups is 1. The minimum Gasteiger partial charge on any atom is -0.478 e. The maximum Gasteiger partial charge on any atom is 0.335 e. The lowest BCUT2D eigenvalue weighted by Gasteiger charge is -2.41. The molecule has 9 nitrogen and oxygen atoms in total. The molecule has 0 radical (unpaired) electrons. The van der Waals surface area contributed by atoms with Crippen molar-refractivity contribution < 1.29 is 34.0 Å². The van der Waals surface area contributed by atoms with Gasteiger partial charge in [0.2, 0.25) is 0 Å². The average Bonchev–Trinajstić information content (AvgIpc) is 3.24. The van der Waals surface area contributed by atoms with E-state index in [-0.39, 0.29) is 36.3 Å². The van der Waals surface area contributed by atoms with Gasteiger partial charge in [0.1, 0.15) is 11.5 Å². The van der Waals surface area contributed by atoms with Gasteiger partial charge in [-0.3, -0.25) is 0 Å². The lowest BCUT2D eigenvalue weighted by Crippen LogP contribution is -2.38. The van der Waals surface area contributed by atoms with Crippen molar-refractivity contribution >= 4 is 29.4 Å². The van der Waals surface area contributed by atoms with E-state index in [1.165, 1.54) is 0 Å². The molecule has 0 saturated carbocycles. The highest BCUT2D eigenvalue weighted by Crippen LogP contribution is 2.43. The first kappa shape index (κ1) is 38.4. The van der Waals surface area contributed by atoms with Crippen LogP contribution in [0.3, 0.4) is 0 Å². The van der Waals surface area contributed by atoms with Crippen LogP contribution >= 0.6 is 11.8 Å². The number of para-hydroxylation sites is 1. The number of hydrogen-bond acceptors (Lipinski definition) is 7. The molecule has 1 fully saturated rings. The Balaban J connectivity index is 0.989. The number of aliphatic hydroxyl groups is 1. The van der Waals surface area contributed by atoms with Crippen LogP contribution in [0.4, 0.5) is 10.5 Å². The molecule has 4 atom stereocenters. The van der Waals surface area contributed by atoms with Crippen LogP contribution < -0.4 is 15.4 Å². The van der Waals surface area contributed by atoms with E-state index in [0.29, 0.717) is 23.7 Å². The Labute approximate surface area is 330 Å². The van der Waals surface area contributed by atoms with Crippen molar-refractivity contribution in [2.45, 2.75) is 43.5 Å². The molecule has 56 heavy (non-hydrogen) atoms. The molecule has 6 aromatic carbocycles. The lowest BCUT2D eigenvalue weighted by molar-refractivity contribution is -0.268. The van der Waals surface area contributed by atoms with Crippen LogP contribution in [0.1, 0.15) is 51.9 Å². The molecular formula is C46H42N2O7S. The van der Waals surface area contributed by atoms with Gasteiger partial charge in [-0.15, -0.1) is 11.8 Å². The van der Waals surface area contributed by atoms with Gasteiger partial charge >= 0.3 is 12.0 Å². The van der Waals surface area contributed by atoms with Crippen molar-refractivity contribution in [2.75, 3.05) is 11.1 Å². The number of carbonyl (C=O) groups excluding carboxylic acids is 1. The van der Waals surface area contributed by atoms with Crippen molar-refractivity contribution in [2.24, 2.45) is 5.92 Å². The fourth-order valence-corrected chi connectivity index (χ4v) is 7.53. The van der Waals surface area contributed by atoms with E-state index < -0.39 is 12.3 Å². The Morgan fingerprint density at radius 3 is 2.11 bits per heavy atom. The lowest BCUT2D eigenvalue weighted by atomic mass is 9.91. The monoisotopic (exact) mass is 766 g/mol. The molecular weight excluding hydrogens is 725 g/mol. The summed E-state index contributed by atoms with van der Waals surface area (Å²) in [5.74, 6) is 1.12. The summed E-state index contributed by atoms with van der Waals surface area (Å²) in [5.41, 5.74) is 6.59. The number of thioether (sulfide) groups is 1. The first-order chi connectivity index (χ1) is 27.3. The van der Waals surface area contributed by atoms with E-state index in [9.17, 15) is 19.8 Å². The third-order valence-electron chi connectivity index (χ3n) is 9.63. The number of benzene rings is 6. The predicted octanol–water partition coefficient (Wildman–Crippen LogP) is 10.2. The highest BCUT2D eigenvalue weighted by Gasteiger charge is 2.38. The number of nitrogens with one attached hydrogen (secondary N) is 2. The number of carboxylic acids is 1. The number of aliphatic hydroxyl groups excluding tert-OH is 1. The van der Waals surface area contributed by atoms with E-state index in [1.54, 1.807) is 36.0 Å². The van der Waals surface area contributed by atoms with E-state index in [0.717, 1.165) is 44.0 Å². The van der Waals surface area contributed by atoms with Crippen molar-refractivity contribution in [1.82, 2.24) is 5.32 Å². The minimum absolute atomic E-state index is 0.00907. The molecule has 1 heterocycles. The largest absolute Gasteiger partial charge is 0.478 e. The first-order valence-electron chi connectivity index (χ1n) is 18.3. The van der Waals surface area contributed by atoms with Crippen LogP contribution in [0, 0.1) is 5.92 Å². The molecule has 1 saturated heterocycles. The van der Waals surface area contributed by atoms with Gasteiger partial charge in [0.25, 0.3) is 0 Å². The van der Waals surface area contributed by atoms with Crippen molar-refractivity contribution in [1.29, 1.82) is 0 Å². The molecule has 1 aliphatic rings. The molecule has 1 aliphatic heterocycles. The Morgan fingerprint density at radius 2 is 1.41 bits per heavy atom. The number of amides is 2. The number of hydrogen-bond donors (Lipinski definition) is 4. The molecule has 0 aliphatic carbocycles. The van der Waals surface area contributed by atoms with Crippen LogP contribution in [0.25, 0.3) is 11.1 Å². The van der Waals surface area contributed by atoms with Gasteiger partial charge in [-0.05, 0) is 94.5 Å². The fourth-order valence-electron chi connectivity index (χ4n) is 6.46. The molecule has 4 unspecified atom stereocenters. The van der Waals surface area contributed by atoms with Crippen molar-refractivity contribution in [3.63, 3.8) is 0 Å². The molecule has 0 aromatic heterocycles. The summed E-state index contributed by atoms with van der Waals surface area (Å²) in [6.45, 7) is 2.43. The normalized spacial score (nSPS) is 17.8. The van der Waals surface area contributed by atoms with E-state index in [4.69, 9.17) is 14.2 Å². The Bertz CT molecular complexity index is 2220. The van der Waals surface area contributed by atoms with Gasteiger partial charge in [0.05, 0.1) is 24.4 Å². The third kappa shape index (κ3) is 9.84. The second-order valence-corrected chi connectivity index (χ2v) is 14.6. The van der Waals surface area contributed by atoms with Gasteiger partial charge in [-0.1, -0.05) is 91.9 Å². The van der Waals surface area contributed by atoms with Crippen LogP contribution in [-0.2, 0) is 22.6 Å². The zero-order valence-electron chi connectivity index (χ0n) is 30.7. The van der Waals surface area contributed by atoms with Crippen LogP contribution in [0.5, 0.6) is 11.5 Å². The number of anilines is 1. The van der Waals surface area contributed by atoms with E-state index in [1.807, 2.05) is 121 Å². The molecule has 4 N–H and O–H groups in total. The van der Waals surface area contributed by atoms with Gasteiger partial charge < -0.3 is 35.1 Å². The number of aromatic carboxylic acids is 1. The standard InChI is InChI=1S/C46H42N2O7S/c1-30-42(29-56-41-24-18-35(19-25-41)44(50)51)54-45(55-43(30)34-12-10-31(28-49)11-13-34)36-16-14-33(15-17-36)37-7-5-6-32(26-37)27-47-46(52)48-38-20-22-40(23-21-38)53-39-8-3-2-4-9-39/h2-26,30,42-43,45,49H,27-29H2,1H3,(H,50,51)(H2,47,48,52). The number of ether oxygens (including phenoxy) is 3. The summed E-state index contributed by atoms with van der Waals surface area (Å²) in [6, 6.07) is 47.3. The average molecular weight is 767 g/mol. The number of rotatable bonds is 13. The second-order valence-electron chi connectivity index (χ2n) is 13.5. The molecule has 6 aromatic rings. The fraction of sp³-hybridized carbons (Fsp3) is 0.174. The molecule has 284 valence electrons. The maximum atomic E-state index is 12.7. The molecule has 7 rings (SSSR count). The molecule has 0 spiro atoms. The Kier molecular flexibility index (Phi) is 12.4. The smallest absolute Gasteiger partial charge is 0.335 e. The second kappa shape index (κ2) is 18.1. The SMILES string of the molecule is CC1C(CSc2ccc(C(=O)O)cc2)OC(c2ccc(-c3cccc(CNC(=O)Nc4ccc(Oc5ccccc5)cc4)c3)cc2)OC1c1ccc(CO)cc1. The van der Waals surface area contributed by atoms with Crippen molar-refractivity contribution in [3.8, 4) is 22.6 Å². The molecule has 0 bridgehead atoms. The Morgan fingerprint density at radius 1 is 0.714 bits per heavy atom. The summed E-state index contributed by atoms with van der Waals surface area (Å²) < 4.78 is 19.1. The minimum atomic E-state index is -0.953. The van der Waals surface area contributed by atoms with E-state index >= 15 is 0 Å². The molecule has 2 amide bonds. The van der Waals surface area contributed by atoms with Gasteiger partial charge in [-0.2, -0.15) is 0 Å².